The Kier molecular flexibility index (Phi) is 5.93. The van der Waals surface area contributed by atoms with Crippen LogP contribution in [-0.4, -0.2) is 23.9 Å². The fraction of sp³-hybridized carbons (Fsp3) is 0.368. The molecule has 2 aromatic rings. The zero-order chi connectivity index (χ0) is 17.7. The van der Waals surface area contributed by atoms with Crippen LogP contribution in [0.1, 0.15) is 25.8 Å². The molecule has 0 aromatic heterocycles. The second kappa shape index (κ2) is 7.93. The Hall–Kier alpha value is -2.40. The Labute approximate surface area is 142 Å². The van der Waals surface area contributed by atoms with E-state index >= 15 is 0 Å². The van der Waals surface area contributed by atoms with Crippen molar-refractivity contribution in [2.75, 3.05) is 0 Å². The molecule has 0 aliphatic carbocycles. The second-order valence-corrected chi connectivity index (χ2v) is 6.22. The maximum atomic E-state index is 12.4. The number of fused-ring (bicyclic) bond motifs is 1. The Morgan fingerprint density at radius 3 is 2.46 bits per heavy atom. The van der Waals surface area contributed by atoms with Crippen LogP contribution in [0.25, 0.3) is 10.8 Å². The average Bonchev–Trinajstić information content (AvgIpc) is 2.58. The van der Waals surface area contributed by atoms with Crippen molar-refractivity contribution < 1.29 is 9.59 Å². The number of primary amides is 1. The van der Waals surface area contributed by atoms with E-state index in [-0.39, 0.29) is 11.8 Å². The third kappa shape index (κ3) is 4.11. The molecule has 2 rings (SSSR count). The molecule has 2 amide bonds. The molecular weight excluding hydrogens is 302 g/mol. The van der Waals surface area contributed by atoms with Crippen molar-refractivity contribution >= 4 is 22.6 Å². The zero-order valence-corrected chi connectivity index (χ0v) is 14.2. The number of amides is 2. The quantitative estimate of drug-likeness (QED) is 0.722. The highest BCUT2D eigenvalue weighted by molar-refractivity contribution is 5.90. The van der Waals surface area contributed by atoms with Gasteiger partial charge in [-0.3, -0.25) is 9.59 Å². The highest BCUT2D eigenvalue weighted by Gasteiger charge is 2.26. The lowest BCUT2D eigenvalue weighted by atomic mass is 9.96. The molecule has 2 unspecified atom stereocenters. The van der Waals surface area contributed by atoms with Gasteiger partial charge in [0.1, 0.15) is 6.04 Å². The Balaban J connectivity index is 2.12. The summed E-state index contributed by atoms with van der Waals surface area (Å²) >= 11 is 0. The van der Waals surface area contributed by atoms with Crippen LogP contribution in [0.15, 0.2) is 42.5 Å². The number of nitrogens with one attached hydrogen (secondary N) is 1. The first-order valence-corrected chi connectivity index (χ1v) is 8.26. The van der Waals surface area contributed by atoms with Gasteiger partial charge < -0.3 is 16.8 Å². The highest BCUT2D eigenvalue weighted by atomic mass is 16.2. The monoisotopic (exact) mass is 327 g/mol. The summed E-state index contributed by atoms with van der Waals surface area (Å²) in [4.78, 5) is 23.9. The predicted molar refractivity (Wildman–Crippen MR) is 96.2 cm³/mol. The van der Waals surface area contributed by atoms with E-state index in [1.165, 1.54) is 0 Å². The topological polar surface area (TPSA) is 98.2 Å². The largest absolute Gasteiger partial charge is 0.368 e. The molecule has 0 saturated heterocycles. The third-order valence-electron chi connectivity index (χ3n) is 4.47. The maximum absolute atomic E-state index is 12.4. The van der Waals surface area contributed by atoms with Crippen molar-refractivity contribution in [3.63, 3.8) is 0 Å². The molecular formula is C19H25N3O2. The van der Waals surface area contributed by atoms with E-state index in [4.69, 9.17) is 11.5 Å². The van der Waals surface area contributed by atoms with Gasteiger partial charge in [-0.1, -0.05) is 62.7 Å². The molecule has 24 heavy (non-hydrogen) atoms. The lowest BCUT2D eigenvalue weighted by Crippen LogP contribution is -2.53. The number of carbonyl (C=O) groups excluding carboxylic acids is 2. The number of benzene rings is 2. The molecule has 0 spiro atoms. The van der Waals surface area contributed by atoms with Gasteiger partial charge in [-0.05, 0) is 28.7 Å². The van der Waals surface area contributed by atoms with E-state index in [2.05, 4.69) is 5.32 Å². The van der Waals surface area contributed by atoms with Crippen LogP contribution >= 0.6 is 0 Å². The van der Waals surface area contributed by atoms with Crippen LogP contribution in [0.5, 0.6) is 0 Å². The summed E-state index contributed by atoms with van der Waals surface area (Å²) in [5.41, 5.74) is 12.5. The summed E-state index contributed by atoms with van der Waals surface area (Å²) in [6.07, 6.45) is 1.14. The SMILES string of the molecule is CCC(C)[C@H](NC(=O)C(N)Cc1cccc2ccccc12)C(N)=O. The van der Waals surface area contributed by atoms with Crippen LogP contribution in [0.3, 0.4) is 0 Å². The molecule has 0 aliphatic heterocycles. The molecule has 5 N–H and O–H groups in total. The summed E-state index contributed by atoms with van der Waals surface area (Å²) in [7, 11) is 0. The minimum absolute atomic E-state index is 0.0313. The first kappa shape index (κ1) is 17.9. The Morgan fingerprint density at radius 1 is 1.12 bits per heavy atom. The third-order valence-corrected chi connectivity index (χ3v) is 4.47. The predicted octanol–water partition coefficient (Wildman–Crippen LogP) is 1.73. The highest BCUT2D eigenvalue weighted by Crippen LogP contribution is 2.19. The average molecular weight is 327 g/mol. The summed E-state index contributed by atoms with van der Waals surface area (Å²) in [5, 5.41) is 4.89. The molecule has 5 heteroatoms. The molecule has 0 saturated carbocycles. The fourth-order valence-electron chi connectivity index (χ4n) is 2.79. The van der Waals surface area contributed by atoms with E-state index in [0.29, 0.717) is 6.42 Å². The van der Waals surface area contributed by atoms with E-state index in [9.17, 15) is 9.59 Å². The molecule has 0 heterocycles. The molecule has 5 nitrogen and oxygen atoms in total. The number of carbonyl (C=O) groups is 2. The van der Waals surface area contributed by atoms with Crippen LogP contribution in [0.2, 0.25) is 0 Å². The standard InChI is InChI=1S/C19H25N3O2/c1-3-12(2)17(18(21)23)22-19(24)16(20)11-14-9-6-8-13-7-4-5-10-15(13)14/h4-10,12,16-17H,3,11,20H2,1-2H3,(H2,21,23)(H,22,24)/t12?,16?,17-/m0/s1. The fourth-order valence-corrected chi connectivity index (χ4v) is 2.79. The van der Waals surface area contributed by atoms with Crippen molar-refractivity contribution in [2.45, 2.75) is 38.8 Å². The van der Waals surface area contributed by atoms with Crippen molar-refractivity contribution in [1.82, 2.24) is 5.32 Å². The molecule has 2 aromatic carbocycles. The minimum atomic E-state index is -0.735. The number of hydrogen-bond donors (Lipinski definition) is 3. The second-order valence-electron chi connectivity index (χ2n) is 6.22. The maximum Gasteiger partial charge on any atom is 0.240 e. The smallest absolute Gasteiger partial charge is 0.240 e. The minimum Gasteiger partial charge on any atom is -0.368 e. The summed E-state index contributed by atoms with van der Waals surface area (Å²) < 4.78 is 0. The van der Waals surface area contributed by atoms with Gasteiger partial charge in [-0.2, -0.15) is 0 Å². The zero-order valence-electron chi connectivity index (χ0n) is 14.2. The van der Waals surface area contributed by atoms with Gasteiger partial charge in [0.15, 0.2) is 0 Å². The van der Waals surface area contributed by atoms with Crippen LogP contribution < -0.4 is 16.8 Å². The summed E-state index contributed by atoms with van der Waals surface area (Å²) in [5.74, 6) is -0.918. The van der Waals surface area contributed by atoms with Crippen LogP contribution in [0, 0.1) is 5.92 Å². The van der Waals surface area contributed by atoms with Gasteiger partial charge in [0.25, 0.3) is 0 Å². The van der Waals surface area contributed by atoms with E-state index in [1.807, 2.05) is 56.3 Å². The van der Waals surface area contributed by atoms with Crippen LogP contribution in [0.4, 0.5) is 0 Å². The van der Waals surface area contributed by atoms with Crippen molar-refractivity contribution in [2.24, 2.45) is 17.4 Å². The molecule has 0 aliphatic rings. The van der Waals surface area contributed by atoms with E-state index < -0.39 is 18.0 Å². The first-order valence-electron chi connectivity index (χ1n) is 8.26. The molecule has 0 bridgehead atoms. The number of rotatable bonds is 7. The van der Waals surface area contributed by atoms with Gasteiger partial charge in [0, 0.05) is 0 Å². The summed E-state index contributed by atoms with van der Waals surface area (Å²) in [6.45, 7) is 3.83. The molecule has 0 radical (unpaired) electrons. The Bertz CT molecular complexity index is 724. The lowest BCUT2D eigenvalue weighted by molar-refractivity contribution is -0.129. The molecule has 3 atom stereocenters. The van der Waals surface area contributed by atoms with Gasteiger partial charge in [0.05, 0.1) is 6.04 Å². The number of hydrogen-bond acceptors (Lipinski definition) is 3. The summed E-state index contributed by atoms with van der Waals surface area (Å²) in [6, 6.07) is 12.5. The normalized spacial score (nSPS) is 14.8. The first-order chi connectivity index (χ1) is 11.4. The Morgan fingerprint density at radius 2 is 1.79 bits per heavy atom. The van der Waals surface area contributed by atoms with Crippen molar-refractivity contribution in [3.8, 4) is 0 Å². The van der Waals surface area contributed by atoms with Crippen LogP contribution in [-0.2, 0) is 16.0 Å². The van der Waals surface area contributed by atoms with Gasteiger partial charge in [-0.25, -0.2) is 0 Å². The van der Waals surface area contributed by atoms with E-state index in [0.717, 1.165) is 22.8 Å². The van der Waals surface area contributed by atoms with Crippen molar-refractivity contribution in [1.29, 1.82) is 0 Å². The lowest BCUT2D eigenvalue weighted by Gasteiger charge is -2.23. The van der Waals surface area contributed by atoms with Gasteiger partial charge in [-0.15, -0.1) is 0 Å². The van der Waals surface area contributed by atoms with E-state index in [1.54, 1.807) is 0 Å². The van der Waals surface area contributed by atoms with Gasteiger partial charge >= 0.3 is 0 Å². The van der Waals surface area contributed by atoms with Crippen molar-refractivity contribution in [3.05, 3.63) is 48.0 Å². The van der Waals surface area contributed by atoms with Gasteiger partial charge in [0.2, 0.25) is 11.8 Å². The molecule has 0 fully saturated rings. The number of nitrogens with two attached hydrogens (primary N) is 2. The molecule has 128 valence electrons.